The van der Waals surface area contributed by atoms with Crippen LogP contribution in [0, 0.1) is 0 Å². The number of hydrogen-bond donors (Lipinski definition) is 1. The Balaban J connectivity index is 4.08. The van der Waals surface area contributed by atoms with Crippen LogP contribution in [0.25, 0.3) is 0 Å². The molecule has 0 aliphatic heterocycles. The summed E-state index contributed by atoms with van der Waals surface area (Å²) < 4.78 is 33.9. The topological polar surface area (TPSA) is 80.7 Å². The van der Waals surface area contributed by atoms with E-state index in [0.29, 0.717) is 0 Å². The summed E-state index contributed by atoms with van der Waals surface area (Å²) in [6.07, 6.45) is 2.29. The highest BCUT2D eigenvalue weighted by atomic mass is 32.2. The minimum absolute atomic E-state index is 0.358. The Morgan fingerprint density at radius 2 is 2.15 bits per heavy atom. The van der Waals surface area contributed by atoms with Crippen LogP contribution in [0.1, 0.15) is 20.3 Å². The number of ether oxygens (including phenoxy) is 1. The fraction of sp³-hybridized carbons (Fsp3) is 0.571. The average molecular weight is 208 g/mol. The van der Waals surface area contributed by atoms with Crippen molar-refractivity contribution in [2.24, 2.45) is 0 Å². The highest BCUT2D eigenvalue weighted by Crippen LogP contribution is 2.04. The summed E-state index contributed by atoms with van der Waals surface area (Å²) in [7, 11) is -4.15. The lowest BCUT2D eigenvalue weighted by Crippen LogP contribution is -2.20. The monoisotopic (exact) mass is 208 g/mol. The van der Waals surface area contributed by atoms with Gasteiger partial charge in [0.1, 0.15) is 0 Å². The molecule has 13 heavy (non-hydrogen) atoms. The zero-order chi connectivity index (χ0) is 10.5. The van der Waals surface area contributed by atoms with Crippen LogP contribution in [0.2, 0.25) is 0 Å². The maximum absolute atomic E-state index is 10.8. The van der Waals surface area contributed by atoms with Crippen LogP contribution >= 0.6 is 0 Å². The third-order valence-electron chi connectivity index (χ3n) is 1.30. The lowest BCUT2D eigenvalue weighted by molar-refractivity contribution is -0.138. The normalized spacial score (nSPS) is 14.4. The van der Waals surface area contributed by atoms with Crippen LogP contribution in [-0.2, 0) is 19.6 Å². The van der Waals surface area contributed by atoms with Crippen molar-refractivity contribution in [1.29, 1.82) is 0 Å². The summed E-state index contributed by atoms with van der Waals surface area (Å²) >= 11 is 0. The van der Waals surface area contributed by atoms with Crippen LogP contribution in [0.15, 0.2) is 12.3 Å². The summed E-state index contributed by atoms with van der Waals surface area (Å²) in [5, 5.41) is -1.13. The molecule has 76 valence electrons. The SMILES string of the molecule is C/C=C/OC(=O)CC(C)S(=O)(=O)O. The number of hydrogen-bond acceptors (Lipinski definition) is 4. The van der Waals surface area contributed by atoms with Gasteiger partial charge in [-0.1, -0.05) is 6.08 Å². The largest absolute Gasteiger partial charge is 0.435 e. The van der Waals surface area contributed by atoms with Gasteiger partial charge in [-0.25, -0.2) is 0 Å². The van der Waals surface area contributed by atoms with Crippen molar-refractivity contribution in [1.82, 2.24) is 0 Å². The molecule has 0 radical (unpaired) electrons. The molecule has 0 saturated carbocycles. The molecule has 0 bridgehead atoms. The second-order valence-corrected chi connectivity index (χ2v) is 4.32. The van der Waals surface area contributed by atoms with E-state index >= 15 is 0 Å². The van der Waals surface area contributed by atoms with Crippen LogP contribution in [0.3, 0.4) is 0 Å². The maximum atomic E-state index is 10.8. The summed E-state index contributed by atoms with van der Waals surface area (Å²) in [4.78, 5) is 10.8. The van der Waals surface area contributed by atoms with Gasteiger partial charge in [0.25, 0.3) is 10.1 Å². The van der Waals surface area contributed by atoms with Gasteiger partial charge in [0.05, 0.1) is 17.9 Å². The average Bonchev–Trinajstić information content (AvgIpc) is 1.99. The molecule has 6 heteroatoms. The standard InChI is InChI=1S/C7H12O5S/c1-3-4-12-7(8)5-6(2)13(9,10)11/h3-4,6H,5H2,1-2H3,(H,9,10,11)/b4-3+. The number of allylic oxidation sites excluding steroid dienone is 1. The molecular weight excluding hydrogens is 196 g/mol. The van der Waals surface area contributed by atoms with Crippen LogP contribution in [-0.4, -0.2) is 24.2 Å². The third kappa shape index (κ3) is 5.37. The third-order valence-corrected chi connectivity index (χ3v) is 2.48. The lowest BCUT2D eigenvalue weighted by Gasteiger charge is -2.05. The second-order valence-electron chi connectivity index (χ2n) is 2.49. The van der Waals surface area contributed by atoms with Crippen molar-refractivity contribution in [2.45, 2.75) is 25.5 Å². The number of rotatable bonds is 4. The molecule has 0 aliphatic rings. The zero-order valence-corrected chi connectivity index (χ0v) is 8.24. The first-order valence-corrected chi connectivity index (χ1v) is 5.15. The van der Waals surface area contributed by atoms with Crippen molar-refractivity contribution < 1.29 is 22.5 Å². The molecular formula is C7H12O5S. The lowest BCUT2D eigenvalue weighted by atomic mass is 10.3. The van der Waals surface area contributed by atoms with E-state index in [1.807, 2.05) is 0 Å². The smallest absolute Gasteiger partial charge is 0.311 e. The van der Waals surface area contributed by atoms with Gasteiger partial charge in [-0.05, 0) is 13.8 Å². The highest BCUT2D eigenvalue weighted by molar-refractivity contribution is 7.86. The molecule has 0 aliphatic carbocycles. The van der Waals surface area contributed by atoms with E-state index in [-0.39, 0.29) is 6.42 Å². The van der Waals surface area contributed by atoms with E-state index in [1.165, 1.54) is 13.0 Å². The van der Waals surface area contributed by atoms with Gasteiger partial charge in [0, 0.05) is 0 Å². The Hall–Kier alpha value is -0.880. The molecule has 0 heterocycles. The molecule has 0 fully saturated rings. The van der Waals surface area contributed by atoms with Gasteiger partial charge in [-0.15, -0.1) is 0 Å². The van der Waals surface area contributed by atoms with E-state index in [2.05, 4.69) is 4.74 Å². The molecule has 0 saturated heterocycles. The van der Waals surface area contributed by atoms with Crippen molar-refractivity contribution in [3.8, 4) is 0 Å². The number of esters is 1. The van der Waals surface area contributed by atoms with Crippen LogP contribution in [0.4, 0.5) is 0 Å². The first-order valence-electron chi connectivity index (χ1n) is 3.65. The van der Waals surface area contributed by atoms with Crippen molar-refractivity contribution in [3.63, 3.8) is 0 Å². The Bertz CT molecular complexity index is 290. The number of carbonyl (C=O) groups is 1. The highest BCUT2D eigenvalue weighted by Gasteiger charge is 2.21. The van der Waals surface area contributed by atoms with Crippen molar-refractivity contribution in [3.05, 3.63) is 12.3 Å². The van der Waals surface area contributed by atoms with Gasteiger partial charge in [0.15, 0.2) is 0 Å². The molecule has 1 N–H and O–H groups in total. The minimum Gasteiger partial charge on any atom is -0.435 e. The molecule has 0 amide bonds. The maximum Gasteiger partial charge on any atom is 0.311 e. The number of carbonyl (C=O) groups excluding carboxylic acids is 1. The van der Waals surface area contributed by atoms with E-state index in [4.69, 9.17) is 4.55 Å². The molecule has 1 atom stereocenters. The van der Waals surface area contributed by atoms with Gasteiger partial charge >= 0.3 is 5.97 Å². The predicted octanol–water partition coefficient (Wildman–Crippen LogP) is 0.730. The molecule has 0 aromatic rings. The van der Waals surface area contributed by atoms with Crippen molar-refractivity contribution in [2.75, 3.05) is 0 Å². The van der Waals surface area contributed by atoms with Crippen LogP contribution in [0.5, 0.6) is 0 Å². The Kier molecular flexibility index (Phi) is 4.64. The predicted molar refractivity (Wildman–Crippen MR) is 46.5 cm³/mol. The first-order chi connectivity index (χ1) is 5.88. The molecule has 1 unspecified atom stereocenters. The second kappa shape index (κ2) is 4.98. The molecule has 5 nitrogen and oxygen atoms in total. The summed E-state index contributed by atoms with van der Waals surface area (Å²) in [6, 6.07) is 0. The molecule has 0 rings (SSSR count). The van der Waals surface area contributed by atoms with Gasteiger partial charge in [-0.3, -0.25) is 9.35 Å². The van der Waals surface area contributed by atoms with Gasteiger partial charge in [-0.2, -0.15) is 8.42 Å². The summed E-state index contributed by atoms with van der Waals surface area (Å²) in [5.74, 6) is -0.691. The quantitative estimate of drug-likeness (QED) is 0.418. The first kappa shape index (κ1) is 12.1. The fourth-order valence-corrected chi connectivity index (χ4v) is 0.879. The fourth-order valence-electron chi connectivity index (χ4n) is 0.532. The van der Waals surface area contributed by atoms with E-state index < -0.39 is 21.3 Å². The van der Waals surface area contributed by atoms with Crippen LogP contribution < -0.4 is 0 Å². The molecule has 0 aromatic heterocycles. The van der Waals surface area contributed by atoms with E-state index in [0.717, 1.165) is 6.26 Å². The Morgan fingerprint density at radius 3 is 2.54 bits per heavy atom. The van der Waals surface area contributed by atoms with E-state index in [9.17, 15) is 13.2 Å². The Labute approximate surface area is 77.1 Å². The summed E-state index contributed by atoms with van der Waals surface area (Å²) in [5.41, 5.74) is 0. The Morgan fingerprint density at radius 1 is 1.62 bits per heavy atom. The van der Waals surface area contributed by atoms with Crippen molar-refractivity contribution >= 4 is 16.1 Å². The minimum atomic E-state index is -4.15. The molecule has 0 spiro atoms. The summed E-state index contributed by atoms with van der Waals surface area (Å²) in [6.45, 7) is 2.88. The van der Waals surface area contributed by atoms with E-state index in [1.54, 1.807) is 6.92 Å². The zero-order valence-electron chi connectivity index (χ0n) is 7.43. The van der Waals surface area contributed by atoms with Gasteiger partial charge < -0.3 is 4.74 Å². The van der Waals surface area contributed by atoms with Gasteiger partial charge in [0.2, 0.25) is 0 Å². The molecule has 0 aromatic carbocycles.